The van der Waals surface area contributed by atoms with Crippen molar-refractivity contribution in [2.75, 3.05) is 11.9 Å². The highest BCUT2D eigenvalue weighted by Gasteiger charge is 2.06. The summed E-state index contributed by atoms with van der Waals surface area (Å²) in [5.74, 6) is 0. The third-order valence-corrected chi connectivity index (χ3v) is 2.62. The highest BCUT2D eigenvalue weighted by Crippen LogP contribution is 2.09. The minimum absolute atomic E-state index is 0.242. The second kappa shape index (κ2) is 8.11. The minimum atomic E-state index is -0.506. The van der Waals surface area contributed by atoms with Crippen LogP contribution in [0.15, 0.2) is 24.3 Å². The first-order valence-corrected chi connectivity index (χ1v) is 6.34. The lowest BCUT2D eigenvalue weighted by Crippen LogP contribution is -2.35. The number of benzene rings is 1. The van der Waals surface area contributed by atoms with Crippen LogP contribution in [0.3, 0.4) is 0 Å². The topological polar surface area (TPSA) is 85.2 Å². The van der Waals surface area contributed by atoms with Crippen molar-refractivity contribution >= 4 is 11.7 Å². The van der Waals surface area contributed by atoms with E-state index >= 15 is 0 Å². The van der Waals surface area contributed by atoms with E-state index in [2.05, 4.69) is 16.7 Å². The van der Waals surface area contributed by atoms with E-state index in [4.69, 9.17) is 5.26 Å². The van der Waals surface area contributed by atoms with Gasteiger partial charge in [0, 0.05) is 12.2 Å². The van der Waals surface area contributed by atoms with Gasteiger partial charge in [-0.3, -0.25) is 0 Å². The SMILES string of the molecule is CCCC(O)CNC(=O)Nc1ccc(CC#N)cc1. The van der Waals surface area contributed by atoms with E-state index in [1.54, 1.807) is 24.3 Å². The monoisotopic (exact) mass is 261 g/mol. The molecule has 1 atom stereocenters. The summed E-state index contributed by atoms with van der Waals surface area (Å²) < 4.78 is 0. The second-order valence-corrected chi connectivity index (χ2v) is 4.31. The molecule has 0 heterocycles. The van der Waals surface area contributed by atoms with E-state index in [0.29, 0.717) is 18.5 Å². The number of aliphatic hydroxyl groups is 1. The molecule has 0 spiro atoms. The van der Waals surface area contributed by atoms with E-state index in [1.807, 2.05) is 6.92 Å². The van der Waals surface area contributed by atoms with Crippen LogP contribution in [0.4, 0.5) is 10.5 Å². The van der Waals surface area contributed by atoms with E-state index in [-0.39, 0.29) is 12.6 Å². The highest BCUT2D eigenvalue weighted by molar-refractivity contribution is 5.89. The van der Waals surface area contributed by atoms with Gasteiger partial charge in [-0.2, -0.15) is 5.26 Å². The average molecular weight is 261 g/mol. The zero-order chi connectivity index (χ0) is 14.1. The highest BCUT2D eigenvalue weighted by atomic mass is 16.3. The fraction of sp³-hybridized carbons (Fsp3) is 0.429. The normalized spacial score (nSPS) is 11.4. The van der Waals surface area contributed by atoms with Gasteiger partial charge in [-0.05, 0) is 24.1 Å². The van der Waals surface area contributed by atoms with E-state index in [9.17, 15) is 9.90 Å². The first-order chi connectivity index (χ1) is 9.15. The fourth-order valence-corrected chi connectivity index (χ4v) is 1.62. The number of anilines is 1. The Hall–Kier alpha value is -2.06. The Balaban J connectivity index is 2.38. The molecule has 1 aromatic carbocycles. The number of carbonyl (C=O) groups excluding carboxylic acids is 1. The molecule has 0 aliphatic heterocycles. The number of carbonyl (C=O) groups is 1. The second-order valence-electron chi connectivity index (χ2n) is 4.31. The molecule has 0 fully saturated rings. The Morgan fingerprint density at radius 2 is 2.11 bits per heavy atom. The van der Waals surface area contributed by atoms with Crippen molar-refractivity contribution in [1.29, 1.82) is 5.26 Å². The van der Waals surface area contributed by atoms with E-state index in [1.165, 1.54) is 0 Å². The molecular weight excluding hydrogens is 242 g/mol. The van der Waals surface area contributed by atoms with Crippen LogP contribution in [-0.2, 0) is 6.42 Å². The molecule has 1 aromatic rings. The van der Waals surface area contributed by atoms with Gasteiger partial charge in [0.05, 0.1) is 18.6 Å². The number of rotatable bonds is 6. The first kappa shape index (κ1) is 15.0. The van der Waals surface area contributed by atoms with Crippen LogP contribution in [0.2, 0.25) is 0 Å². The Morgan fingerprint density at radius 3 is 2.68 bits per heavy atom. The number of urea groups is 1. The summed E-state index contributed by atoms with van der Waals surface area (Å²) in [6, 6.07) is 8.80. The molecular formula is C14H19N3O2. The molecule has 0 bridgehead atoms. The maximum Gasteiger partial charge on any atom is 0.319 e. The van der Waals surface area contributed by atoms with Crippen molar-refractivity contribution in [3.63, 3.8) is 0 Å². The Morgan fingerprint density at radius 1 is 1.42 bits per heavy atom. The summed E-state index contributed by atoms with van der Waals surface area (Å²) in [5, 5.41) is 23.3. The minimum Gasteiger partial charge on any atom is -0.391 e. The van der Waals surface area contributed by atoms with Gasteiger partial charge in [-0.25, -0.2) is 4.79 Å². The predicted octanol–water partition coefficient (Wildman–Crippen LogP) is 2.04. The van der Waals surface area contributed by atoms with Crippen molar-refractivity contribution < 1.29 is 9.90 Å². The standard InChI is InChI=1S/C14H19N3O2/c1-2-3-13(18)10-16-14(19)17-12-6-4-11(5-7-12)8-9-15/h4-7,13,18H,2-3,8,10H2,1H3,(H2,16,17,19). The summed E-state index contributed by atoms with van der Waals surface area (Å²) in [6.45, 7) is 2.22. The lowest BCUT2D eigenvalue weighted by atomic mass is 10.1. The number of nitrogens with one attached hydrogen (secondary N) is 2. The summed E-state index contributed by atoms with van der Waals surface area (Å²) in [7, 11) is 0. The molecule has 5 heteroatoms. The number of nitrogens with zero attached hydrogens (tertiary/aromatic N) is 1. The molecule has 102 valence electrons. The van der Waals surface area contributed by atoms with Gasteiger partial charge in [0.15, 0.2) is 0 Å². The van der Waals surface area contributed by atoms with Crippen LogP contribution in [0, 0.1) is 11.3 Å². The van der Waals surface area contributed by atoms with Gasteiger partial charge in [0.1, 0.15) is 0 Å². The number of nitriles is 1. The first-order valence-electron chi connectivity index (χ1n) is 6.34. The van der Waals surface area contributed by atoms with E-state index in [0.717, 1.165) is 12.0 Å². The molecule has 2 amide bonds. The summed E-state index contributed by atoms with van der Waals surface area (Å²) in [5.41, 5.74) is 1.57. The van der Waals surface area contributed by atoms with Crippen LogP contribution < -0.4 is 10.6 Å². The smallest absolute Gasteiger partial charge is 0.319 e. The molecule has 3 N–H and O–H groups in total. The summed E-state index contributed by atoms with van der Waals surface area (Å²) >= 11 is 0. The third kappa shape index (κ3) is 5.89. The van der Waals surface area contributed by atoms with Crippen molar-refractivity contribution in [3.8, 4) is 6.07 Å². The summed E-state index contributed by atoms with van der Waals surface area (Å²) in [4.78, 5) is 11.5. The fourth-order valence-electron chi connectivity index (χ4n) is 1.62. The predicted molar refractivity (Wildman–Crippen MR) is 73.7 cm³/mol. The van der Waals surface area contributed by atoms with Gasteiger partial charge in [0.25, 0.3) is 0 Å². The van der Waals surface area contributed by atoms with Gasteiger partial charge < -0.3 is 15.7 Å². The van der Waals surface area contributed by atoms with Crippen LogP contribution >= 0.6 is 0 Å². The van der Waals surface area contributed by atoms with Gasteiger partial charge >= 0.3 is 6.03 Å². The molecule has 1 unspecified atom stereocenters. The van der Waals surface area contributed by atoms with Crippen LogP contribution in [0.5, 0.6) is 0 Å². The largest absolute Gasteiger partial charge is 0.391 e. The molecule has 0 saturated heterocycles. The third-order valence-electron chi connectivity index (χ3n) is 2.62. The van der Waals surface area contributed by atoms with Crippen molar-refractivity contribution in [3.05, 3.63) is 29.8 Å². The maximum absolute atomic E-state index is 11.5. The molecule has 0 aromatic heterocycles. The molecule has 0 aliphatic carbocycles. The summed E-state index contributed by atoms with van der Waals surface area (Å²) in [6.07, 6.45) is 1.40. The lowest BCUT2D eigenvalue weighted by molar-refractivity contribution is 0.162. The molecule has 0 saturated carbocycles. The van der Waals surface area contributed by atoms with Gasteiger partial charge in [-0.1, -0.05) is 25.5 Å². The van der Waals surface area contributed by atoms with Crippen LogP contribution in [0.25, 0.3) is 0 Å². The van der Waals surface area contributed by atoms with E-state index < -0.39 is 6.10 Å². The number of aliphatic hydroxyl groups excluding tert-OH is 1. The maximum atomic E-state index is 11.5. The number of hydrogen-bond acceptors (Lipinski definition) is 3. The Labute approximate surface area is 113 Å². The van der Waals surface area contributed by atoms with Gasteiger partial charge in [0.2, 0.25) is 0 Å². The van der Waals surface area contributed by atoms with Crippen molar-refractivity contribution in [2.24, 2.45) is 0 Å². The Bertz CT molecular complexity index is 437. The van der Waals surface area contributed by atoms with Crippen molar-refractivity contribution in [1.82, 2.24) is 5.32 Å². The lowest BCUT2D eigenvalue weighted by Gasteiger charge is -2.11. The number of amides is 2. The molecule has 0 aliphatic rings. The molecule has 1 rings (SSSR count). The van der Waals surface area contributed by atoms with Crippen LogP contribution in [-0.4, -0.2) is 23.8 Å². The zero-order valence-electron chi connectivity index (χ0n) is 11.0. The van der Waals surface area contributed by atoms with Gasteiger partial charge in [-0.15, -0.1) is 0 Å². The Kier molecular flexibility index (Phi) is 6.41. The quantitative estimate of drug-likeness (QED) is 0.732. The average Bonchev–Trinajstić information content (AvgIpc) is 2.39. The zero-order valence-corrected chi connectivity index (χ0v) is 11.0. The van der Waals surface area contributed by atoms with Crippen LogP contribution in [0.1, 0.15) is 25.3 Å². The molecule has 19 heavy (non-hydrogen) atoms. The van der Waals surface area contributed by atoms with Crippen molar-refractivity contribution in [2.45, 2.75) is 32.3 Å². The molecule has 0 radical (unpaired) electrons. The molecule has 5 nitrogen and oxygen atoms in total. The number of hydrogen-bond donors (Lipinski definition) is 3.